The van der Waals surface area contributed by atoms with Gasteiger partial charge >= 0.3 is 11.9 Å². The molecule has 0 heterocycles. The Morgan fingerprint density at radius 2 is 1.90 bits per heavy atom. The fraction of sp³-hybridized carbons (Fsp3) is 0.714. The van der Waals surface area contributed by atoms with Crippen LogP contribution in [0.1, 0.15) is 33.6 Å². The molecular weight excluding hydrogens is 264 g/mol. The first kappa shape index (κ1) is 16.7. The molecule has 0 amide bonds. The smallest absolute Gasteiger partial charge is 0.332 e. The quantitative estimate of drug-likeness (QED) is 0.566. The molecule has 0 spiro atoms. The van der Waals surface area contributed by atoms with Crippen LogP contribution < -0.4 is 0 Å². The summed E-state index contributed by atoms with van der Waals surface area (Å²) in [4.78, 5) is 22.4. The highest BCUT2D eigenvalue weighted by atomic mass is 16.6. The number of carbonyl (C=O) groups excluding carboxylic acids is 2. The zero-order chi connectivity index (χ0) is 15.3. The van der Waals surface area contributed by atoms with Crippen molar-refractivity contribution in [2.45, 2.75) is 45.3 Å². The van der Waals surface area contributed by atoms with E-state index in [0.717, 1.165) is 5.57 Å². The lowest BCUT2D eigenvalue weighted by atomic mass is 9.78. The van der Waals surface area contributed by atoms with E-state index in [1.807, 2.05) is 13.0 Å². The highest BCUT2D eigenvalue weighted by Crippen LogP contribution is 2.35. The Morgan fingerprint density at radius 1 is 1.30 bits per heavy atom. The Hall–Kier alpha value is -1.40. The molecule has 1 rings (SSSR count). The molecular formula is C14H22O6. The first-order valence-corrected chi connectivity index (χ1v) is 6.59. The van der Waals surface area contributed by atoms with E-state index in [9.17, 15) is 9.59 Å². The van der Waals surface area contributed by atoms with Gasteiger partial charge in [0, 0.05) is 5.92 Å². The Kier molecular flexibility index (Phi) is 5.71. The van der Waals surface area contributed by atoms with E-state index in [2.05, 4.69) is 0 Å². The van der Waals surface area contributed by atoms with E-state index in [1.165, 1.54) is 0 Å². The summed E-state index contributed by atoms with van der Waals surface area (Å²) in [7, 11) is 0. The maximum atomic E-state index is 11.2. The minimum absolute atomic E-state index is 0.0295. The van der Waals surface area contributed by atoms with Crippen molar-refractivity contribution in [3.8, 4) is 0 Å². The van der Waals surface area contributed by atoms with Gasteiger partial charge in [0.1, 0.15) is 24.9 Å². The molecule has 20 heavy (non-hydrogen) atoms. The van der Waals surface area contributed by atoms with Crippen molar-refractivity contribution in [2.24, 2.45) is 5.92 Å². The van der Waals surface area contributed by atoms with Crippen LogP contribution in [0.3, 0.4) is 0 Å². The SMILES string of the molecule is CC1=CCC(C(C)(C)OC(=O)CO)CC1OC(=O)CO. The van der Waals surface area contributed by atoms with Gasteiger partial charge in [-0.2, -0.15) is 0 Å². The van der Waals surface area contributed by atoms with Crippen molar-refractivity contribution in [1.29, 1.82) is 0 Å². The first-order valence-electron chi connectivity index (χ1n) is 6.59. The fourth-order valence-electron chi connectivity index (χ4n) is 2.31. The topological polar surface area (TPSA) is 93.1 Å². The normalized spacial score (nSPS) is 22.9. The van der Waals surface area contributed by atoms with Crippen molar-refractivity contribution in [3.05, 3.63) is 11.6 Å². The number of hydrogen-bond donors (Lipinski definition) is 2. The minimum Gasteiger partial charge on any atom is -0.458 e. The second-order valence-electron chi connectivity index (χ2n) is 5.49. The van der Waals surface area contributed by atoms with Gasteiger partial charge in [0.15, 0.2) is 0 Å². The van der Waals surface area contributed by atoms with E-state index < -0.39 is 36.9 Å². The van der Waals surface area contributed by atoms with Crippen LogP contribution in [0.4, 0.5) is 0 Å². The maximum Gasteiger partial charge on any atom is 0.332 e. The lowest BCUT2D eigenvalue weighted by Gasteiger charge is -2.38. The summed E-state index contributed by atoms with van der Waals surface area (Å²) in [6.45, 7) is 4.08. The minimum atomic E-state index is -0.763. The molecule has 0 aromatic rings. The first-order chi connectivity index (χ1) is 9.30. The van der Waals surface area contributed by atoms with Gasteiger partial charge < -0.3 is 19.7 Å². The zero-order valence-corrected chi connectivity index (χ0v) is 12.1. The van der Waals surface area contributed by atoms with Gasteiger partial charge in [-0.05, 0) is 39.2 Å². The Labute approximate surface area is 118 Å². The van der Waals surface area contributed by atoms with Gasteiger partial charge in [-0.25, -0.2) is 9.59 Å². The van der Waals surface area contributed by atoms with Crippen molar-refractivity contribution in [2.75, 3.05) is 13.2 Å². The highest BCUT2D eigenvalue weighted by Gasteiger charge is 2.37. The Bertz CT molecular complexity index is 398. The third kappa shape index (κ3) is 4.31. The molecule has 0 aromatic carbocycles. The molecule has 1 aliphatic carbocycles. The molecule has 0 bridgehead atoms. The molecule has 2 N–H and O–H groups in total. The predicted octanol–water partition coefficient (Wildman–Crippen LogP) is 0.561. The summed E-state index contributed by atoms with van der Waals surface area (Å²) in [6.07, 6.45) is 2.74. The number of allylic oxidation sites excluding steroid dienone is 1. The van der Waals surface area contributed by atoms with Crippen LogP contribution in [0.2, 0.25) is 0 Å². The second-order valence-corrected chi connectivity index (χ2v) is 5.49. The van der Waals surface area contributed by atoms with Crippen LogP contribution in [0.25, 0.3) is 0 Å². The average Bonchev–Trinajstić information content (AvgIpc) is 2.40. The van der Waals surface area contributed by atoms with Crippen LogP contribution in [-0.2, 0) is 19.1 Å². The van der Waals surface area contributed by atoms with Gasteiger partial charge in [-0.3, -0.25) is 0 Å². The predicted molar refractivity (Wildman–Crippen MR) is 70.7 cm³/mol. The summed E-state index contributed by atoms with van der Waals surface area (Å²) in [5.41, 5.74) is 0.160. The lowest BCUT2D eigenvalue weighted by molar-refractivity contribution is -0.168. The van der Waals surface area contributed by atoms with Gasteiger partial charge in [-0.1, -0.05) is 6.08 Å². The van der Waals surface area contributed by atoms with Crippen LogP contribution >= 0.6 is 0 Å². The molecule has 2 atom stereocenters. The fourth-order valence-corrected chi connectivity index (χ4v) is 2.31. The molecule has 0 aliphatic heterocycles. The third-order valence-electron chi connectivity index (χ3n) is 3.62. The molecule has 0 radical (unpaired) electrons. The molecule has 0 fully saturated rings. The summed E-state index contributed by atoms with van der Waals surface area (Å²) >= 11 is 0. The van der Waals surface area contributed by atoms with Gasteiger partial charge in [0.2, 0.25) is 0 Å². The molecule has 2 unspecified atom stereocenters. The van der Waals surface area contributed by atoms with Crippen molar-refractivity contribution in [1.82, 2.24) is 0 Å². The standard InChI is InChI=1S/C14H22O6/c1-9-4-5-10(6-11(9)19-12(17)7-15)14(2,3)20-13(18)8-16/h4,10-11,15-16H,5-8H2,1-3H3. The largest absolute Gasteiger partial charge is 0.458 e. The average molecular weight is 286 g/mol. The third-order valence-corrected chi connectivity index (χ3v) is 3.62. The molecule has 114 valence electrons. The summed E-state index contributed by atoms with van der Waals surface area (Å²) in [5, 5.41) is 17.5. The Morgan fingerprint density at radius 3 is 2.45 bits per heavy atom. The molecule has 6 heteroatoms. The van der Waals surface area contributed by atoms with Crippen LogP contribution in [-0.4, -0.2) is 47.1 Å². The Balaban J connectivity index is 2.74. The van der Waals surface area contributed by atoms with E-state index in [-0.39, 0.29) is 5.92 Å². The van der Waals surface area contributed by atoms with E-state index in [0.29, 0.717) is 12.8 Å². The number of rotatable bonds is 5. The van der Waals surface area contributed by atoms with E-state index in [4.69, 9.17) is 19.7 Å². The maximum absolute atomic E-state index is 11.2. The number of aliphatic hydroxyl groups is 2. The van der Waals surface area contributed by atoms with Crippen molar-refractivity contribution < 1.29 is 29.3 Å². The van der Waals surface area contributed by atoms with Crippen LogP contribution in [0.5, 0.6) is 0 Å². The number of hydrogen-bond acceptors (Lipinski definition) is 6. The van der Waals surface area contributed by atoms with Crippen LogP contribution in [0, 0.1) is 5.92 Å². The van der Waals surface area contributed by atoms with Crippen molar-refractivity contribution in [3.63, 3.8) is 0 Å². The van der Waals surface area contributed by atoms with Gasteiger partial charge in [0.25, 0.3) is 0 Å². The summed E-state index contributed by atoms with van der Waals surface area (Å²) < 4.78 is 10.4. The summed E-state index contributed by atoms with van der Waals surface area (Å²) in [6, 6.07) is 0. The molecule has 1 aliphatic rings. The lowest BCUT2D eigenvalue weighted by Crippen LogP contribution is -2.41. The van der Waals surface area contributed by atoms with Crippen LogP contribution in [0.15, 0.2) is 11.6 Å². The molecule has 6 nitrogen and oxygen atoms in total. The van der Waals surface area contributed by atoms with E-state index >= 15 is 0 Å². The van der Waals surface area contributed by atoms with E-state index in [1.54, 1.807) is 13.8 Å². The monoisotopic (exact) mass is 286 g/mol. The number of esters is 2. The van der Waals surface area contributed by atoms with Gasteiger partial charge in [-0.15, -0.1) is 0 Å². The molecule has 0 saturated carbocycles. The highest BCUT2D eigenvalue weighted by molar-refractivity contribution is 5.71. The number of aliphatic hydroxyl groups excluding tert-OH is 2. The molecule has 0 aromatic heterocycles. The molecule has 0 saturated heterocycles. The van der Waals surface area contributed by atoms with Gasteiger partial charge in [0.05, 0.1) is 0 Å². The number of ether oxygens (including phenoxy) is 2. The second kappa shape index (κ2) is 6.85. The van der Waals surface area contributed by atoms with Crippen molar-refractivity contribution >= 4 is 11.9 Å². The summed E-state index contributed by atoms with van der Waals surface area (Å²) in [5.74, 6) is -1.38. The zero-order valence-electron chi connectivity index (χ0n) is 12.1. The number of carbonyl (C=O) groups is 2.